The van der Waals surface area contributed by atoms with Gasteiger partial charge in [0.15, 0.2) is 17.1 Å². The summed E-state index contributed by atoms with van der Waals surface area (Å²) in [5.74, 6) is -1.60. The predicted molar refractivity (Wildman–Crippen MR) is 58.1 cm³/mol. The lowest BCUT2D eigenvalue weighted by Gasteiger charge is -2.13. The van der Waals surface area contributed by atoms with E-state index in [-0.39, 0.29) is 16.8 Å². The number of aliphatic carboxylic acids is 1. The number of nitrogens with one attached hydrogen (secondary N) is 2. The average Bonchev–Trinajstić information content (AvgIpc) is 2.70. The van der Waals surface area contributed by atoms with Gasteiger partial charge in [-0.2, -0.15) is 0 Å². The monoisotopic (exact) mass is 258 g/mol. The fourth-order valence-corrected chi connectivity index (χ4v) is 1.46. The summed E-state index contributed by atoms with van der Waals surface area (Å²) in [6.07, 6.45) is -3.54. The summed E-state index contributed by atoms with van der Waals surface area (Å²) < 4.78 is 0. The van der Waals surface area contributed by atoms with Crippen LogP contribution in [0.3, 0.4) is 0 Å². The van der Waals surface area contributed by atoms with Gasteiger partial charge in [0.25, 0.3) is 5.82 Å². The number of hydrogen-bond donors (Lipinski definition) is 3. The highest BCUT2D eigenvalue weighted by atomic mass is 16.4. The van der Waals surface area contributed by atoms with Crippen LogP contribution in [0.5, 0.6) is 0 Å². The van der Waals surface area contributed by atoms with Gasteiger partial charge in [-0.05, 0) is 12.1 Å². The van der Waals surface area contributed by atoms with Gasteiger partial charge in [-0.1, -0.05) is 12.1 Å². The highest BCUT2D eigenvalue weighted by Gasteiger charge is 2.27. The van der Waals surface area contributed by atoms with Gasteiger partial charge in [0.05, 0.1) is 5.97 Å². The van der Waals surface area contributed by atoms with E-state index < -0.39 is 18.2 Å². The van der Waals surface area contributed by atoms with E-state index in [1.54, 1.807) is 24.3 Å². The van der Waals surface area contributed by atoms with Crippen molar-refractivity contribution in [3.63, 3.8) is 0 Å². The predicted octanol–water partition coefficient (Wildman–Crippen LogP) is -3.52. The molecule has 18 heavy (non-hydrogen) atoms. The van der Waals surface area contributed by atoms with Crippen molar-refractivity contribution in [1.29, 1.82) is 0 Å². The van der Waals surface area contributed by atoms with E-state index in [1.807, 2.05) is 0 Å². The smallest absolute Gasteiger partial charge is 0.285 e. The number of para-hydroxylation sites is 2. The first-order valence-electron chi connectivity index (χ1n) is 4.66. The Bertz CT molecular complexity index is 493. The summed E-state index contributed by atoms with van der Waals surface area (Å²) >= 11 is 0. The van der Waals surface area contributed by atoms with Crippen molar-refractivity contribution in [2.24, 2.45) is 0 Å². The summed E-state index contributed by atoms with van der Waals surface area (Å²) in [4.78, 5) is 15.9. The molecule has 0 fully saturated rings. The van der Waals surface area contributed by atoms with E-state index in [0.29, 0.717) is 11.0 Å². The molecule has 100 valence electrons. The largest absolute Gasteiger partial charge is 0.547 e. The van der Waals surface area contributed by atoms with Crippen molar-refractivity contribution in [1.82, 2.24) is 4.98 Å². The van der Waals surface area contributed by atoms with E-state index in [0.717, 1.165) is 0 Å². The van der Waals surface area contributed by atoms with Crippen LogP contribution in [0, 0.1) is 0 Å². The third-order valence-electron chi connectivity index (χ3n) is 2.30. The molecule has 8 nitrogen and oxygen atoms in total. The Morgan fingerprint density at radius 2 is 1.89 bits per heavy atom. The van der Waals surface area contributed by atoms with E-state index in [9.17, 15) is 15.0 Å². The average molecular weight is 258 g/mol. The van der Waals surface area contributed by atoms with Crippen molar-refractivity contribution in [3.8, 4) is 0 Å². The maximum absolute atomic E-state index is 10.4. The van der Waals surface area contributed by atoms with Crippen LogP contribution in [-0.2, 0) is 4.79 Å². The Kier molecular flexibility index (Phi) is 5.40. The van der Waals surface area contributed by atoms with Crippen LogP contribution in [0.1, 0.15) is 11.9 Å². The summed E-state index contributed by atoms with van der Waals surface area (Å²) in [5.41, 5.74) is 1.42. The second-order valence-electron chi connectivity index (χ2n) is 3.42. The summed E-state index contributed by atoms with van der Waals surface area (Å²) in [6.45, 7) is 0. The molecule has 2 atom stereocenters. The fraction of sp³-hybridized carbons (Fsp3) is 0.200. The van der Waals surface area contributed by atoms with Crippen molar-refractivity contribution in [3.05, 3.63) is 30.1 Å². The van der Waals surface area contributed by atoms with Crippen LogP contribution in [0.4, 0.5) is 0 Å². The number of rotatable bonds is 3. The number of benzene rings is 1. The summed E-state index contributed by atoms with van der Waals surface area (Å²) in [7, 11) is 0. The van der Waals surface area contributed by atoms with Crippen LogP contribution in [0.15, 0.2) is 24.3 Å². The minimum absolute atomic E-state index is 0. The first-order chi connectivity index (χ1) is 7.59. The second kappa shape index (κ2) is 6.07. The first-order valence-corrected chi connectivity index (χ1v) is 4.66. The molecule has 0 bridgehead atoms. The topological polar surface area (TPSA) is 174 Å². The van der Waals surface area contributed by atoms with Crippen LogP contribution in [0.25, 0.3) is 11.0 Å². The molecule has 0 aliphatic rings. The third kappa shape index (κ3) is 2.81. The minimum Gasteiger partial charge on any atom is -0.547 e. The fourth-order valence-electron chi connectivity index (χ4n) is 1.46. The molecular formula is C10H14N2O6. The van der Waals surface area contributed by atoms with Crippen LogP contribution >= 0.6 is 0 Å². The SMILES string of the molecule is O.O.O=C([O-])[C@H](O)[C@@H](O)c1[nH]c2ccccc2[nH+]1. The van der Waals surface area contributed by atoms with Gasteiger partial charge in [0, 0.05) is 0 Å². The molecule has 0 spiro atoms. The number of carbonyl (C=O) groups is 1. The van der Waals surface area contributed by atoms with Crippen LogP contribution in [0.2, 0.25) is 0 Å². The molecule has 2 rings (SSSR count). The number of H-pyrrole nitrogens is 2. The molecule has 1 aromatic carbocycles. The van der Waals surface area contributed by atoms with Gasteiger partial charge < -0.3 is 31.1 Å². The number of fused-ring (bicyclic) bond motifs is 1. The van der Waals surface area contributed by atoms with E-state index in [2.05, 4.69) is 9.97 Å². The van der Waals surface area contributed by atoms with Gasteiger partial charge in [0.1, 0.15) is 6.10 Å². The minimum atomic E-state index is -1.97. The second-order valence-corrected chi connectivity index (χ2v) is 3.42. The lowest BCUT2D eigenvalue weighted by Crippen LogP contribution is -2.41. The summed E-state index contributed by atoms with van der Waals surface area (Å²) in [6, 6.07) is 7.09. The molecule has 0 saturated carbocycles. The Labute approximate surface area is 101 Å². The van der Waals surface area contributed by atoms with Gasteiger partial charge >= 0.3 is 0 Å². The van der Waals surface area contributed by atoms with E-state index in [4.69, 9.17) is 5.11 Å². The number of aromatic amines is 2. The van der Waals surface area contributed by atoms with Gasteiger partial charge in [0.2, 0.25) is 0 Å². The number of hydrogen-bond acceptors (Lipinski definition) is 4. The van der Waals surface area contributed by atoms with Gasteiger partial charge in [-0.3, -0.25) is 0 Å². The van der Waals surface area contributed by atoms with Crippen molar-refractivity contribution in [2.45, 2.75) is 12.2 Å². The number of imidazole rings is 1. The highest BCUT2D eigenvalue weighted by Crippen LogP contribution is 2.14. The lowest BCUT2D eigenvalue weighted by atomic mass is 10.2. The summed E-state index contributed by atoms with van der Waals surface area (Å²) in [5, 5.41) is 29.0. The zero-order valence-electron chi connectivity index (χ0n) is 9.18. The maximum Gasteiger partial charge on any atom is 0.285 e. The molecule has 0 unspecified atom stereocenters. The molecule has 8 heteroatoms. The Morgan fingerprint density at radius 1 is 1.28 bits per heavy atom. The molecule has 0 radical (unpaired) electrons. The van der Waals surface area contributed by atoms with Crippen LogP contribution in [-0.4, -0.2) is 38.2 Å². The van der Waals surface area contributed by atoms with Gasteiger partial charge in [-0.25, -0.2) is 9.97 Å². The molecular weight excluding hydrogens is 244 g/mol. The Morgan fingerprint density at radius 3 is 2.44 bits per heavy atom. The molecule has 1 aromatic heterocycles. The maximum atomic E-state index is 10.4. The standard InChI is InChI=1S/C10H10N2O4.2H2O/c13-7(8(14)10(15)16)9-11-5-3-1-2-4-6(5)12-9;;/h1-4,7-8,13-14H,(H,11,12)(H,15,16);2*1H2/t7-,8-;;/m1../s1. The highest BCUT2D eigenvalue weighted by molar-refractivity contribution is 5.72. The van der Waals surface area contributed by atoms with Crippen molar-refractivity contribution < 1.29 is 36.1 Å². The zero-order chi connectivity index (χ0) is 11.7. The van der Waals surface area contributed by atoms with Crippen molar-refractivity contribution in [2.75, 3.05) is 0 Å². The van der Waals surface area contributed by atoms with E-state index >= 15 is 0 Å². The van der Waals surface area contributed by atoms with Gasteiger partial charge in [-0.15, -0.1) is 0 Å². The molecule has 0 amide bonds. The zero-order valence-corrected chi connectivity index (χ0v) is 9.18. The molecule has 2 aromatic rings. The lowest BCUT2D eigenvalue weighted by molar-refractivity contribution is -0.375. The Balaban J connectivity index is 0.00000144. The molecule has 0 aliphatic carbocycles. The molecule has 0 aliphatic heterocycles. The number of carbonyl (C=O) groups excluding carboxylic acids is 1. The van der Waals surface area contributed by atoms with Crippen LogP contribution < -0.4 is 10.1 Å². The number of aromatic nitrogens is 2. The van der Waals surface area contributed by atoms with Crippen molar-refractivity contribution >= 4 is 17.0 Å². The molecule has 8 N–H and O–H groups in total. The first kappa shape index (κ1) is 16.0. The number of carboxylic acid groups (broad SMARTS) is 1. The Hall–Kier alpha value is -2.00. The van der Waals surface area contributed by atoms with E-state index in [1.165, 1.54) is 0 Å². The molecule has 0 saturated heterocycles. The molecule has 1 heterocycles. The normalized spacial score (nSPS) is 13.2. The number of carboxylic acids is 1. The quantitative estimate of drug-likeness (QED) is 0.517. The third-order valence-corrected chi connectivity index (χ3v) is 2.30. The number of aliphatic hydroxyl groups excluding tert-OH is 2. The number of aliphatic hydroxyl groups is 2.